The van der Waals surface area contributed by atoms with Gasteiger partial charge in [-0.2, -0.15) is 0 Å². The van der Waals surface area contributed by atoms with Gasteiger partial charge in [-0.3, -0.25) is 14.5 Å². The van der Waals surface area contributed by atoms with Crippen LogP contribution in [0.4, 0.5) is 0 Å². The van der Waals surface area contributed by atoms with Crippen molar-refractivity contribution >= 4 is 11.9 Å². The molecule has 0 aromatic rings. The van der Waals surface area contributed by atoms with E-state index in [2.05, 4.69) is 0 Å². The minimum atomic E-state index is -0.810. The van der Waals surface area contributed by atoms with E-state index < -0.39 is 5.97 Å². The number of nitrogens with zero attached hydrogens (tertiary/aromatic N) is 2. The number of hydrogen-bond donors (Lipinski definition) is 1. The monoisotopic (exact) mass is 270 g/mol. The molecule has 0 spiro atoms. The molecule has 2 rings (SSSR count). The first-order chi connectivity index (χ1) is 9.16. The predicted octanol–water partition coefficient (Wildman–Crippen LogP) is 0.174. The SMILES string of the molecule is O=C(O)CN1CCCN(C(=O)C2CCCCO2)CC1. The fourth-order valence-corrected chi connectivity index (χ4v) is 2.68. The molecule has 0 saturated carbocycles. The molecule has 1 unspecified atom stereocenters. The molecule has 0 aromatic carbocycles. The highest BCUT2D eigenvalue weighted by molar-refractivity contribution is 5.81. The zero-order chi connectivity index (χ0) is 13.7. The Balaban J connectivity index is 1.84. The average Bonchev–Trinajstić information content (AvgIpc) is 2.64. The standard InChI is InChI=1S/C13H22N2O4/c16-12(17)10-14-5-3-6-15(8-7-14)13(18)11-4-1-2-9-19-11/h11H,1-10H2,(H,16,17). The van der Waals surface area contributed by atoms with E-state index in [9.17, 15) is 9.59 Å². The predicted molar refractivity (Wildman–Crippen MR) is 68.9 cm³/mol. The maximum absolute atomic E-state index is 12.3. The average molecular weight is 270 g/mol. The number of carboxylic acid groups (broad SMARTS) is 1. The second-order valence-electron chi connectivity index (χ2n) is 5.20. The third-order valence-corrected chi connectivity index (χ3v) is 3.71. The van der Waals surface area contributed by atoms with E-state index in [4.69, 9.17) is 9.84 Å². The molecule has 0 bridgehead atoms. The summed E-state index contributed by atoms with van der Waals surface area (Å²) in [5.74, 6) is -0.729. The van der Waals surface area contributed by atoms with Crippen molar-refractivity contribution in [2.45, 2.75) is 31.8 Å². The maximum Gasteiger partial charge on any atom is 0.317 e. The van der Waals surface area contributed by atoms with Crippen molar-refractivity contribution in [3.63, 3.8) is 0 Å². The quantitative estimate of drug-likeness (QED) is 0.792. The molecule has 2 heterocycles. The number of carbonyl (C=O) groups is 2. The number of carbonyl (C=O) groups excluding carboxylic acids is 1. The maximum atomic E-state index is 12.3. The van der Waals surface area contributed by atoms with Gasteiger partial charge < -0.3 is 14.7 Å². The minimum absolute atomic E-state index is 0.0575. The van der Waals surface area contributed by atoms with Crippen LogP contribution in [0.15, 0.2) is 0 Å². The van der Waals surface area contributed by atoms with Gasteiger partial charge in [-0.05, 0) is 25.7 Å². The van der Waals surface area contributed by atoms with Crippen LogP contribution in [0.25, 0.3) is 0 Å². The summed E-state index contributed by atoms with van der Waals surface area (Å²) in [6.07, 6.45) is 3.45. The van der Waals surface area contributed by atoms with Gasteiger partial charge in [0.2, 0.25) is 0 Å². The summed E-state index contributed by atoms with van der Waals surface area (Å²) in [6.45, 7) is 3.41. The molecule has 2 aliphatic rings. The minimum Gasteiger partial charge on any atom is -0.480 e. The number of hydrogen-bond acceptors (Lipinski definition) is 4. The van der Waals surface area contributed by atoms with E-state index in [0.29, 0.717) is 26.2 Å². The van der Waals surface area contributed by atoms with E-state index in [-0.39, 0.29) is 18.6 Å². The van der Waals surface area contributed by atoms with Crippen LogP contribution in [0.2, 0.25) is 0 Å². The summed E-state index contributed by atoms with van der Waals surface area (Å²) in [5.41, 5.74) is 0. The van der Waals surface area contributed by atoms with Crippen LogP contribution in [-0.4, -0.2) is 72.2 Å². The molecule has 1 N–H and O–H groups in total. The van der Waals surface area contributed by atoms with Crippen LogP contribution in [-0.2, 0) is 14.3 Å². The normalized spacial score (nSPS) is 25.9. The summed E-state index contributed by atoms with van der Waals surface area (Å²) in [5, 5.41) is 8.79. The first-order valence-electron chi connectivity index (χ1n) is 7.01. The highest BCUT2D eigenvalue weighted by atomic mass is 16.5. The third kappa shape index (κ3) is 4.18. The molecule has 6 nitrogen and oxygen atoms in total. The van der Waals surface area contributed by atoms with Crippen molar-refractivity contribution in [3.05, 3.63) is 0 Å². The van der Waals surface area contributed by atoms with E-state index in [1.807, 2.05) is 9.80 Å². The lowest BCUT2D eigenvalue weighted by Gasteiger charge is -2.28. The lowest BCUT2D eigenvalue weighted by atomic mass is 10.1. The number of aliphatic carboxylic acids is 1. The largest absolute Gasteiger partial charge is 0.480 e. The molecule has 2 saturated heterocycles. The fourth-order valence-electron chi connectivity index (χ4n) is 2.68. The Morgan fingerprint density at radius 1 is 1.11 bits per heavy atom. The van der Waals surface area contributed by atoms with E-state index >= 15 is 0 Å². The molecule has 6 heteroatoms. The number of carboxylic acids is 1. The molecule has 0 radical (unpaired) electrons. The highest BCUT2D eigenvalue weighted by Crippen LogP contribution is 2.16. The van der Waals surface area contributed by atoms with Gasteiger partial charge in [-0.1, -0.05) is 0 Å². The van der Waals surface area contributed by atoms with Gasteiger partial charge in [0.25, 0.3) is 5.91 Å². The molecule has 2 fully saturated rings. The van der Waals surface area contributed by atoms with Gasteiger partial charge in [0.15, 0.2) is 0 Å². The van der Waals surface area contributed by atoms with Crippen molar-refractivity contribution in [2.24, 2.45) is 0 Å². The van der Waals surface area contributed by atoms with Gasteiger partial charge >= 0.3 is 5.97 Å². The lowest BCUT2D eigenvalue weighted by molar-refractivity contribution is -0.146. The summed E-state index contributed by atoms with van der Waals surface area (Å²) in [7, 11) is 0. The van der Waals surface area contributed by atoms with Crippen molar-refractivity contribution in [3.8, 4) is 0 Å². The topological polar surface area (TPSA) is 70.1 Å². The summed E-state index contributed by atoms with van der Waals surface area (Å²) in [4.78, 5) is 26.7. The van der Waals surface area contributed by atoms with Crippen LogP contribution in [0.3, 0.4) is 0 Å². The van der Waals surface area contributed by atoms with Crippen LogP contribution in [0.1, 0.15) is 25.7 Å². The third-order valence-electron chi connectivity index (χ3n) is 3.71. The molecule has 0 aliphatic carbocycles. The molecule has 19 heavy (non-hydrogen) atoms. The number of ether oxygens (including phenoxy) is 1. The van der Waals surface area contributed by atoms with Crippen molar-refractivity contribution in [1.29, 1.82) is 0 Å². The van der Waals surface area contributed by atoms with Gasteiger partial charge in [-0.25, -0.2) is 0 Å². The Morgan fingerprint density at radius 2 is 1.95 bits per heavy atom. The first kappa shape index (κ1) is 14.3. The second kappa shape index (κ2) is 6.86. The summed E-state index contributed by atoms with van der Waals surface area (Å²) in [6, 6.07) is 0. The zero-order valence-electron chi connectivity index (χ0n) is 11.2. The first-order valence-corrected chi connectivity index (χ1v) is 7.01. The van der Waals surface area contributed by atoms with Crippen LogP contribution in [0.5, 0.6) is 0 Å². The summed E-state index contributed by atoms with van der Waals surface area (Å²) < 4.78 is 5.53. The zero-order valence-corrected chi connectivity index (χ0v) is 11.2. The van der Waals surface area contributed by atoms with E-state index in [0.717, 1.165) is 32.2 Å². The van der Waals surface area contributed by atoms with Crippen molar-refractivity contribution in [1.82, 2.24) is 9.80 Å². The van der Waals surface area contributed by atoms with E-state index in [1.165, 1.54) is 0 Å². The Morgan fingerprint density at radius 3 is 2.63 bits per heavy atom. The van der Waals surface area contributed by atoms with Gasteiger partial charge in [0.05, 0.1) is 6.54 Å². The molecular formula is C13H22N2O4. The highest BCUT2D eigenvalue weighted by Gasteiger charge is 2.28. The molecule has 0 aromatic heterocycles. The number of amides is 1. The lowest BCUT2D eigenvalue weighted by Crippen LogP contribution is -2.43. The Kier molecular flexibility index (Phi) is 5.15. The van der Waals surface area contributed by atoms with Crippen LogP contribution >= 0.6 is 0 Å². The van der Waals surface area contributed by atoms with Crippen molar-refractivity contribution in [2.75, 3.05) is 39.3 Å². The Labute approximate surface area is 113 Å². The number of rotatable bonds is 3. The Hall–Kier alpha value is -1.14. The Bertz CT molecular complexity index is 329. The molecule has 108 valence electrons. The van der Waals surface area contributed by atoms with Crippen LogP contribution in [0, 0.1) is 0 Å². The van der Waals surface area contributed by atoms with Gasteiger partial charge in [-0.15, -0.1) is 0 Å². The molecule has 1 amide bonds. The smallest absolute Gasteiger partial charge is 0.317 e. The fraction of sp³-hybridized carbons (Fsp3) is 0.846. The molecule has 1 atom stereocenters. The summed E-state index contributed by atoms with van der Waals surface area (Å²) >= 11 is 0. The molecule has 2 aliphatic heterocycles. The van der Waals surface area contributed by atoms with Crippen LogP contribution < -0.4 is 0 Å². The van der Waals surface area contributed by atoms with Crippen molar-refractivity contribution < 1.29 is 19.4 Å². The van der Waals surface area contributed by atoms with E-state index in [1.54, 1.807) is 0 Å². The van der Waals surface area contributed by atoms with Gasteiger partial charge in [0, 0.05) is 32.8 Å². The second-order valence-corrected chi connectivity index (χ2v) is 5.20. The molecular weight excluding hydrogens is 248 g/mol. The van der Waals surface area contributed by atoms with Gasteiger partial charge in [0.1, 0.15) is 6.10 Å².